The average molecular weight is 242 g/mol. The number of carboxylic acids is 1. The first kappa shape index (κ1) is 13.8. The molecule has 1 aliphatic rings. The first-order valence-electron chi connectivity index (χ1n) is 6.20. The van der Waals surface area contributed by atoms with Gasteiger partial charge in [-0.25, -0.2) is 4.79 Å². The lowest BCUT2D eigenvalue weighted by Crippen LogP contribution is -2.44. The van der Waals surface area contributed by atoms with Crippen molar-refractivity contribution in [2.45, 2.75) is 46.1 Å². The van der Waals surface area contributed by atoms with Crippen LogP contribution in [0, 0.1) is 5.41 Å². The van der Waals surface area contributed by atoms with Crippen LogP contribution < -0.4 is 5.32 Å². The fourth-order valence-corrected chi connectivity index (χ4v) is 2.35. The van der Waals surface area contributed by atoms with E-state index in [4.69, 9.17) is 0 Å². The third-order valence-electron chi connectivity index (χ3n) is 3.24. The molecule has 0 radical (unpaired) electrons. The quantitative estimate of drug-likeness (QED) is 0.788. The van der Waals surface area contributed by atoms with E-state index in [1.54, 1.807) is 4.90 Å². The first-order chi connectivity index (χ1) is 7.91. The molecule has 1 rings (SSSR count). The summed E-state index contributed by atoms with van der Waals surface area (Å²) in [5.41, 5.74) is -0.733. The molecule has 5 heteroatoms. The zero-order chi connectivity index (χ0) is 13.1. The van der Waals surface area contributed by atoms with Crippen molar-refractivity contribution < 1.29 is 14.7 Å². The molecule has 1 heterocycles. The predicted molar refractivity (Wildman–Crippen MR) is 64.8 cm³/mol. The highest BCUT2D eigenvalue weighted by Crippen LogP contribution is 2.35. The van der Waals surface area contributed by atoms with Crippen molar-refractivity contribution in [2.75, 3.05) is 13.1 Å². The van der Waals surface area contributed by atoms with Crippen LogP contribution in [0.25, 0.3) is 0 Å². The van der Waals surface area contributed by atoms with Crippen molar-refractivity contribution in [3.05, 3.63) is 0 Å². The molecule has 0 aliphatic carbocycles. The van der Waals surface area contributed by atoms with Crippen LogP contribution in [0.15, 0.2) is 0 Å². The van der Waals surface area contributed by atoms with E-state index in [1.807, 2.05) is 20.8 Å². The van der Waals surface area contributed by atoms with E-state index in [-0.39, 0.29) is 12.1 Å². The van der Waals surface area contributed by atoms with E-state index >= 15 is 0 Å². The number of rotatable bonds is 4. The van der Waals surface area contributed by atoms with E-state index in [9.17, 15) is 14.7 Å². The Hall–Kier alpha value is -1.26. The standard InChI is InChI=1S/C12H22N2O3/c1-4-5-12(10(15)16)6-7-14(8-12)11(17)13-9(2)3/h9H,4-8H2,1-3H3,(H,13,17)(H,15,16). The summed E-state index contributed by atoms with van der Waals surface area (Å²) in [6.45, 7) is 6.62. The Morgan fingerprint density at radius 1 is 1.47 bits per heavy atom. The van der Waals surface area contributed by atoms with Gasteiger partial charge < -0.3 is 15.3 Å². The monoisotopic (exact) mass is 242 g/mol. The van der Waals surface area contributed by atoms with Crippen LogP contribution in [-0.2, 0) is 4.79 Å². The summed E-state index contributed by atoms with van der Waals surface area (Å²) in [5, 5.41) is 12.1. The van der Waals surface area contributed by atoms with Gasteiger partial charge in [-0.2, -0.15) is 0 Å². The van der Waals surface area contributed by atoms with Gasteiger partial charge in [0.2, 0.25) is 0 Å². The largest absolute Gasteiger partial charge is 0.481 e. The van der Waals surface area contributed by atoms with Crippen LogP contribution in [0.1, 0.15) is 40.0 Å². The van der Waals surface area contributed by atoms with Gasteiger partial charge in [0, 0.05) is 19.1 Å². The molecule has 1 fully saturated rings. The third-order valence-corrected chi connectivity index (χ3v) is 3.24. The van der Waals surface area contributed by atoms with Crippen LogP contribution in [0.3, 0.4) is 0 Å². The number of hydrogen-bond acceptors (Lipinski definition) is 2. The Kier molecular flexibility index (Phi) is 4.37. The van der Waals surface area contributed by atoms with Crippen molar-refractivity contribution in [3.63, 3.8) is 0 Å². The molecule has 1 atom stereocenters. The van der Waals surface area contributed by atoms with Gasteiger partial charge in [-0.05, 0) is 26.7 Å². The number of urea groups is 1. The normalized spacial score (nSPS) is 24.1. The highest BCUT2D eigenvalue weighted by molar-refractivity contribution is 5.79. The SMILES string of the molecule is CCCC1(C(=O)O)CCN(C(=O)NC(C)C)C1. The minimum Gasteiger partial charge on any atom is -0.481 e. The molecule has 2 N–H and O–H groups in total. The van der Waals surface area contributed by atoms with E-state index in [0.29, 0.717) is 25.9 Å². The van der Waals surface area contributed by atoms with Gasteiger partial charge in [0.1, 0.15) is 0 Å². The maximum Gasteiger partial charge on any atom is 0.317 e. The van der Waals surface area contributed by atoms with Crippen LogP contribution in [0.4, 0.5) is 4.79 Å². The second-order valence-electron chi connectivity index (χ2n) is 5.11. The summed E-state index contributed by atoms with van der Waals surface area (Å²) in [4.78, 5) is 24.8. The molecule has 0 saturated carbocycles. The number of carboxylic acid groups (broad SMARTS) is 1. The zero-order valence-corrected chi connectivity index (χ0v) is 10.8. The van der Waals surface area contributed by atoms with Crippen molar-refractivity contribution in [3.8, 4) is 0 Å². The minimum absolute atomic E-state index is 0.0773. The Labute approximate surface area is 102 Å². The van der Waals surface area contributed by atoms with Gasteiger partial charge >= 0.3 is 12.0 Å². The Morgan fingerprint density at radius 3 is 2.59 bits per heavy atom. The second kappa shape index (κ2) is 5.38. The summed E-state index contributed by atoms with van der Waals surface area (Å²) in [6.07, 6.45) is 2.02. The minimum atomic E-state index is -0.779. The summed E-state index contributed by atoms with van der Waals surface area (Å²) in [6, 6.07) is -0.0762. The fourth-order valence-electron chi connectivity index (χ4n) is 2.35. The summed E-state index contributed by atoms with van der Waals surface area (Å²) in [7, 11) is 0. The number of carbonyl (C=O) groups excluding carboxylic acids is 1. The fraction of sp³-hybridized carbons (Fsp3) is 0.833. The molecule has 2 amide bonds. The number of nitrogens with one attached hydrogen (secondary N) is 1. The van der Waals surface area contributed by atoms with Crippen molar-refractivity contribution in [1.29, 1.82) is 0 Å². The molecule has 1 saturated heterocycles. The molecule has 98 valence electrons. The van der Waals surface area contributed by atoms with Crippen LogP contribution in [-0.4, -0.2) is 41.1 Å². The molecular weight excluding hydrogens is 220 g/mol. The first-order valence-corrected chi connectivity index (χ1v) is 6.20. The lowest BCUT2D eigenvalue weighted by molar-refractivity contribution is -0.148. The highest BCUT2D eigenvalue weighted by atomic mass is 16.4. The third kappa shape index (κ3) is 3.11. The smallest absolute Gasteiger partial charge is 0.317 e. The van der Waals surface area contributed by atoms with Gasteiger partial charge in [-0.1, -0.05) is 13.3 Å². The Bertz CT molecular complexity index is 304. The average Bonchev–Trinajstić information content (AvgIpc) is 2.63. The summed E-state index contributed by atoms with van der Waals surface area (Å²) in [5.74, 6) is -0.779. The molecule has 1 unspecified atom stereocenters. The lowest BCUT2D eigenvalue weighted by atomic mass is 9.83. The van der Waals surface area contributed by atoms with E-state index < -0.39 is 11.4 Å². The maximum atomic E-state index is 11.8. The molecule has 5 nitrogen and oxygen atoms in total. The molecular formula is C12H22N2O3. The molecule has 0 aromatic carbocycles. The van der Waals surface area contributed by atoms with E-state index in [2.05, 4.69) is 5.32 Å². The number of amides is 2. The molecule has 1 aliphatic heterocycles. The number of aliphatic carboxylic acids is 1. The Morgan fingerprint density at radius 2 is 2.12 bits per heavy atom. The lowest BCUT2D eigenvalue weighted by Gasteiger charge is -2.24. The number of hydrogen-bond donors (Lipinski definition) is 2. The molecule has 17 heavy (non-hydrogen) atoms. The van der Waals surface area contributed by atoms with Gasteiger partial charge in [0.05, 0.1) is 5.41 Å². The molecule has 0 bridgehead atoms. The summed E-state index contributed by atoms with van der Waals surface area (Å²) >= 11 is 0. The van der Waals surface area contributed by atoms with Crippen molar-refractivity contribution in [1.82, 2.24) is 10.2 Å². The predicted octanol–water partition coefficient (Wildman–Crippen LogP) is 1.68. The molecule has 0 aromatic rings. The number of carbonyl (C=O) groups is 2. The van der Waals surface area contributed by atoms with E-state index in [1.165, 1.54) is 0 Å². The van der Waals surface area contributed by atoms with Crippen LogP contribution in [0.2, 0.25) is 0 Å². The topological polar surface area (TPSA) is 69.6 Å². The zero-order valence-electron chi connectivity index (χ0n) is 10.8. The van der Waals surface area contributed by atoms with E-state index in [0.717, 1.165) is 6.42 Å². The number of likely N-dealkylation sites (tertiary alicyclic amines) is 1. The van der Waals surface area contributed by atoms with Crippen molar-refractivity contribution >= 4 is 12.0 Å². The number of nitrogens with zero attached hydrogens (tertiary/aromatic N) is 1. The van der Waals surface area contributed by atoms with Gasteiger partial charge in [0.15, 0.2) is 0 Å². The Balaban J connectivity index is 2.66. The summed E-state index contributed by atoms with van der Waals surface area (Å²) < 4.78 is 0. The van der Waals surface area contributed by atoms with Crippen molar-refractivity contribution in [2.24, 2.45) is 5.41 Å². The van der Waals surface area contributed by atoms with Crippen LogP contribution >= 0.6 is 0 Å². The second-order valence-corrected chi connectivity index (χ2v) is 5.11. The van der Waals surface area contributed by atoms with Crippen LogP contribution in [0.5, 0.6) is 0 Å². The molecule has 0 spiro atoms. The van der Waals surface area contributed by atoms with Gasteiger partial charge in [-0.15, -0.1) is 0 Å². The molecule has 0 aromatic heterocycles. The maximum absolute atomic E-state index is 11.8. The van der Waals surface area contributed by atoms with Gasteiger partial charge in [0.25, 0.3) is 0 Å². The highest BCUT2D eigenvalue weighted by Gasteiger charge is 2.45. The van der Waals surface area contributed by atoms with Gasteiger partial charge in [-0.3, -0.25) is 4.79 Å².